The Bertz CT molecular complexity index is 756. The standard InChI is InChI=1S/C17H19NO6/c1-5-23-17(21)13-9(2)14(18-10(13)3)15(19)11(4)24-16(20)12-6-7-22-8-12/h6-8,11,18H,5H2,1-4H3. The van der Waals surface area contributed by atoms with E-state index in [1.807, 2.05) is 0 Å². The smallest absolute Gasteiger partial charge is 0.342 e. The molecule has 0 aromatic carbocycles. The number of Topliss-reactive ketones (excluding diaryl/α,β-unsaturated/α-hetero) is 1. The molecule has 0 saturated carbocycles. The zero-order chi connectivity index (χ0) is 17.9. The van der Waals surface area contributed by atoms with E-state index in [2.05, 4.69) is 4.98 Å². The lowest BCUT2D eigenvalue weighted by Gasteiger charge is -2.11. The van der Waals surface area contributed by atoms with Gasteiger partial charge >= 0.3 is 11.9 Å². The summed E-state index contributed by atoms with van der Waals surface area (Å²) in [5.41, 5.74) is 1.78. The van der Waals surface area contributed by atoms with Crippen molar-refractivity contribution < 1.29 is 28.3 Å². The molecule has 128 valence electrons. The largest absolute Gasteiger partial charge is 0.472 e. The van der Waals surface area contributed by atoms with Gasteiger partial charge in [0.15, 0.2) is 6.10 Å². The molecule has 1 N–H and O–H groups in total. The maximum Gasteiger partial charge on any atom is 0.342 e. The minimum atomic E-state index is -1.01. The fourth-order valence-electron chi connectivity index (χ4n) is 2.37. The van der Waals surface area contributed by atoms with E-state index in [-0.39, 0.29) is 17.9 Å². The number of ketones is 1. The second-order valence-corrected chi connectivity index (χ2v) is 5.27. The van der Waals surface area contributed by atoms with Gasteiger partial charge in [0.2, 0.25) is 5.78 Å². The molecular weight excluding hydrogens is 314 g/mol. The summed E-state index contributed by atoms with van der Waals surface area (Å²) in [4.78, 5) is 39.3. The highest BCUT2D eigenvalue weighted by molar-refractivity contribution is 6.04. The molecule has 0 fully saturated rings. The van der Waals surface area contributed by atoms with Crippen molar-refractivity contribution in [3.8, 4) is 0 Å². The van der Waals surface area contributed by atoms with Crippen molar-refractivity contribution >= 4 is 17.7 Å². The van der Waals surface area contributed by atoms with E-state index in [1.54, 1.807) is 20.8 Å². The summed E-state index contributed by atoms with van der Waals surface area (Å²) >= 11 is 0. The van der Waals surface area contributed by atoms with Crippen LogP contribution in [0.1, 0.15) is 56.3 Å². The second-order valence-electron chi connectivity index (χ2n) is 5.27. The molecule has 2 heterocycles. The van der Waals surface area contributed by atoms with Gasteiger partial charge in [-0.2, -0.15) is 0 Å². The summed E-state index contributed by atoms with van der Waals surface area (Å²) in [6.07, 6.45) is 1.56. The third-order valence-corrected chi connectivity index (χ3v) is 3.57. The first-order valence-electron chi connectivity index (χ1n) is 7.50. The third kappa shape index (κ3) is 3.40. The molecule has 1 atom stereocenters. The van der Waals surface area contributed by atoms with E-state index in [0.29, 0.717) is 16.8 Å². The van der Waals surface area contributed by atoms with Gasteiger partial charge in [-0.05, 0) is 39.3 Å². The molecular formula is C17H19NO6. The fourth-order valence-corrected chi connectivity index (χ4v) is 2.37. The van der Waals surface area contributed by atoms with Crippen molar-refractivity contribution in [2.45, 2.75) is 33.8 Å². The van der Waals surface area contributed by atoms with Crippen LogP contribution in [0.2, 0.25) is 0 Å². The zero-order valence-electron chi connectivity index (χ0n) is 14.0. The summed E-state index contributed by atoms with van der Waals surface area (Å²) < 4.78 is 14.9. The van der Waals surface area contributed by atoms with E-state index in [0.717, 1.165) is 0 Å². The Morgan fingerprint density at radius 2 is 1.96 bits per heavy atom. The molecule has 7 nitrogen and oxygen atoms in total. The number of carbonyl (C=O) groups excluding carboxylic acids is 3. The Kier molecular flexibility index (Phi) is 5.23. The third-order valence-electron chi connectivity index (χ3n) is 3.57. The lowest BCUT2D eigenvalue weighted by atomic mass is 10.1. The topological polar surface area (TPSA) is 98.6 Å². The lowest BCUT2D eigenvalue weighted by Crippen LogP contribution is -2.25. The highest BCUT2D eigenvalue weighted by Gasteiger charge is 2.27. The van der Waals surface area contributed by atoms with Crippen molar-refractivity contribution in [3.63, 3.8) is 0 Å². The van der Waals surface area contributed by atoms with Crippen molar-refractivity contribution in [2.75, 3.05) is 6.61 Å². The Hall–Kier alpha value is -2.83. The molecule has 2 aromatic rings. The predicted octanol–water partition coefficient (Wildman–Crippen LogP) is 2.83. The Balaban J connectivity index is 2.19. The van der Waals surface area contributed by atoms with Crippen LogP contribution in [0, 0.1) is 13.8 Å². The van der Waals surface area contributed by atoms with E-state index in [9.17, 15) is 14.4 Å². The van der Waals surface area contributed by atoms with Crippen LogP contribution in [0.4, 0.5) is 0 Å². The molecule has 0 aliphatic carbocycles. The molecule has 24 heavy (non-hydrogen) atoms. The van der Waals surface area contributed by atoms with Crippen molar-refractivity contribution in [2.24, 2.45) is 0 Å². The number of esters is 2. The van der Waals surface area contributed by atoms with E-state index < -0.39 is 23.8 Å². The minimum Gasteiger partial charge on any atom is -0.472 e. The van der Waals surface area contributed by atoms with Crippen LogP contribution >= 0.6 is 0 Å². The van der Waals surface area contributed by atoms with Gasteiger partial charge < -0.3 is 18.9 Å². The van der Waals surface area contributed by atoms with Crippen LogP contribution in [-0.4, -0.2) is 35.4 Å². The number of ether oxygens (including phenoxy) is 2. The number of carbonyl (C=O) groups is 3. The maximum absolute atomic E-state index is 12.5. The number of aromatic amines is 1. The van der Waals surface area contributed by atoms with Gasteiger partial charge in [0.05, 0.1) is 29.7 Å². The summed E-state index contributed by atoms with van der Waals surface area (Å²) in [6.45, 7) is 6.75. The Labute approximate surface area is 138 Å². The number of hydrogen-bond donors (Lipinski definition) is 1. The van der Waals surface area contributed by atoms with Gasteiger partial charge in [0, 0.05) is 5.69 Å². The minimum absolute atomic E-state index is 0.223. The number of aromatic nitrogens is 1. The van der Waals surface area contributed by atoms with E-state index >= 15 is 0 Å². The highest BCUT2D eigenvalue weighted by atomic mass is 16.5. The molecule has 1 unspecified atom stereocenters. The molecule has 0 amide bonds. The quantitative estimate of drug-likeness (QED) is 0.644. The fraction of sp³-hybridized carbons (Fsp3) is 0.353. The number of aryl methyl sites for hydroxylation is 1. The predicted molar refractivity (Wildman–Crippen MR) is 84.1 cm³/mol. The van der Waals surface area contributed by atoms with Crippen LogP contribution in [0.5, 0.6) is 0 Å². The molecule has 0 saturated heterocycles. The van der Waals surface area contributed by atoms with Crippen molar-refractivity contribution in [3.05, 3.63) is 46.7 Å². The molecule has 2 aromatic heterocycles. The van der Waals surface area contributed by atoms with Gasteiger partial charge in [-0.3, -0.25) is 4.79 Å². The Morgan fingerprint density at radius 1 is 1.25 bits per heavy atom. The molecule has 0 spiro atoms. The monoisotopic (exact) mass is 333 g/mol. The van der Waals surface area contributed by atoms with E-state index in [1.165, 1.54) is 25.5 Å². The summed E-state index contributed by atoms with van der Waals surface area (Å²) in [5, 5.41) is 0. The molecule has 0 aliphatic heterocycles. The van der Waals surface area contributed by atoms with Crippen LogP contribution in [0.15, 0.2) is 23.0 Å². The summed E-state index contributed by atoms with van der Waals surface area (Å²) in [6, 6.07) is 1.45. The van der Waals surface area contributed by atoms with Gasteiger partial charge in [-0.25, -0.2) is 9.59 Å². The van der Waals surface area contributed by atoms with Crippen molar-refractivity contribution in [1.29, 1.82) is 0 Å². The number of rotatable bonds is 6. The van der Waals surface area contributed by atoms with Gasteiger partial charge in [-0.15, -0.1) is 0 Å². The second kappa shape index (κ2) is 7.16. The first kappa shape index (κ1) is 17.5. The van der Waals surface area contributed by atoms with Gasteiger partial charge in [0.25, 0.3) is 0 Å². The number of nitrogens with one attached hydrogen (secondary N) is 1. The average Bonchev–Trinajstić information content (AvgIpc) is 3.15. The molecule has 0 radical (unpaired) electrons. The lowest BCUT2D eigenvalue weighted by molar-refractivity contribution is 0.0316. The summed E-state index contributed by atoms with van der Waals surface area (Å²) in [5.74, 6) is -1.58. The van der Waals surface area contributed by atoms with E-state index in [4.69, 9.17) is 13.9 Å². The molecule has 2 rings (SSSR count). The molecule has 0 bridgehead atoms. The van der Waals surface area contributed by atoms with Crippen molar-refractivity contribution in [1.82, 2.24) is 4.98 Å². The van der Waals surface area contributed by atoms with Crippen LogP contribution in [-0.2, 0) is 9.47 Å². The van der Waals surface area contributed by atoms with Gasteiger partial charge in [-0.1, -0.05) is 0 Å². The molecule has 0 aliphatic rings. The van der Waals surface area contributed by atoms with Crippen LogP contribution in [0.25, 0.3) is 0 Å². The normalized spacial score (nSPS) is 11.8. The summed E-state index contributed by atoms with van der Waals surface area (Å²) in [7, 11) is 0. The first-order chi connectivity index (χ1) is 11.4. The zero-order valence-corrected chi connectivity index (χ0v) is 14.0. The van der Waals surface area contributed by atoms with Crippen LogP contribution < -0.4 is 0 Å². The first-order valence-corrected chi connectivity index (χ1v) is 7.50. The molecule has 7 heteroatoms. The number of hydrogen-bond acceptors (Lipinski definition) is 6. The maximum atomic E-state index is 12.5. The highest BCUT2D eigenvalue weighted by Crippen LogP contribution is 2.21. The van der Waals surface area contributed by atoms with Gasteiger partial charge in [0.1, 0.15) is 6.26 Å². The number of furan rings is 1. The number of H-pyrrole nitrogens is 1. The average molecular weight is 333 g/mol. The Morgan fingerprint density at radius 3 is 2.54 bits per heavy atom. The van der Waals surface area contributed by atoms with Crippen LogP contribution in [0.3, 0.4) is 0 Å². The SMILES string of the molecule is CCOC(=O)c1c(C)[nH]c(C(=O)C(C)OC(=O)c2ccoc2)c1C.